The zero-order valence-electron chi connectivity index (χ0n) is 6.04. The Kier molecular flexibility index (Phi) is 2.52. The van der Waals surface area contributed by atoms with Crippen molar-refractivity contribution in [3.05, 3.63) is 29.8 Å². The van der Waals surface area contributed by atoms with E-state index in [1.54, 1.807) is 0 Å². The van der Waals surface area contributed by atoms with Crippen molar-refractivity contribution in [1.82, 2.24) is 0 Å². The molecule has 0 aliphatic rings. The summed E-state index contributed by atoms with van der Waals surface area (Å²) in [5.41, 5.74) is 2.16. The van der Waals surface area contributed by atoms with E-state index in [-0.39, 0.29) is 0 Å². The topological polar surface area (TPSA) is 20.2 Å². The van der Waals surface area contributed by atoms with Gasteiger partial charge in [-0.15, -0.1) is 0 Å². The maximum Gasteiger partial charge on any atom is 0.326 e. The van der Waals surface area contributed by atoms with Crippen LogP contribution < -0.4 is 5.46 Å². The molecule has 0 aromatic heterocycles. The largest absolute Gasteiger partial charge is 0.450 e. The van der Waals surface area contributed by atoms with Gasteiger partial charge in [0.25, 0.3) is 0 Å². The monoisotopic (exact) mass is 133 g/mol. The van der Waals surface area contributed by atoms with Crippen molar-refractivity contribution < 1.29 is 5.02 Å². The van der Waals surface area contributed by atoms with Crippen LogP contribution in [0.5, 0.6) is 0 Å². The second-order valence-corrected chi connectivity index (χ2v) is 2.22. The SMILES string of the molecule is CCc1ccc([B]O)cc1. The highest BCUT2D eigenvalue weighted by Gasteiger charge is 1.91. The minimum atomic E-state index is 0.859. The lowest BCUT2D eigenvalue weighted by atomic mass is 9.88. The first-order valence-corrected chi connectivity index (χ1v) is 3.43. The first-order chi connectivity index (χ1) is 4.86. The van der Waals surface area contributed by atoms with Gasteiger partial charge in [-0.3, -0.25) is 0 Å². The molecule has 2 heteroatoms. The Hall–Kier alpha value is -0.755. The first-order valence-electron chi connectivity index (χ1n) is 3.43. The lowest BCUT2D eigenvalue weighted by molar-refractivity contribution is 0.615. The molecular weight excluding hydrogens is 123 g/mol. The Balaban J connectivity index is 2.80. The summed E-state index contributed by atoms with van der Waals surface area (Å²) in [6, 6.07) is 7.84. The maximum absolute atomic E-state index is 8.58. The molecule has 0 saturated heterocycles. The number of aryl methyl sites for hydroxylation is 1. The Morgan fingerprint density at radius 2 is 1.90 bits per heavy atom. The third-order valence-electron chi connectivity index (χ3n) is 1.54. The van der Waals surface area contributed by atoms with Crippen LogP contribution in [0.4, 0.5) is 0 Å². The zero-order chi connectivity index (χ0) is 7.40. The molecule has 0 aliphatic heterocycles. The van der Waals surface area contributed by atoms with E-state index in [4.69, 9.17) is 5.02 Å². The predicted molar refractivity (Wildman–Crippen MR) is 43.4 cm³/mol. The predicted octanol–water partition coefficient (Wildman–Crippen LogP) is 0.486. The van der Waals surface area contributed by atoms with Crippen LogP contribution in [-0.2, 0) is 6.42 Å². The lowest BCUT2D eigenvalue weighted by Crippen LogP contribution is -2.12. The second kappa shape index (κ2) is 3.42. The fourth-order valence-corrected chi connectivity index (χ4v) is 0.839. The number of rotatable bonds is 2. The smallest absolute Gasteiger partial charge is 0.326 e. The van der Waals surface area contributed by atoms with Crippen molar-refractivity contribution >= 4 is 12.9 Å². The van der Waals surface area contributed by atoms with Gasteiger partial charge >= 0.3 is 7.48 Å². The molecule has 1 rings (SSSR count). The molecule has 1 nitrogen and oxygen atoms in total. The van der Waals surface area contributed by atoms with Crippen molar-refractivity contribution in [3.8, 4) is 0 Å². The highest BCUT2D eigenvalue weighted by molar-refractivity contribution is 6.45. The van der Waals surface area contributed by atoms with Gasteiger partial charge in [0.05, 0.1) is 0 Å². The van der Waals surface area contributed by atoms with E-state index in [2.05, 4.69) is 6.92 Å². The summed E-state index contributed by atoms with van der Waals surface area (Å²) in [5, 5.41) is 8.58. The van der Waals surface area contributed by atoms with Crippen LogP contribution in [-0.4, -0.2) is 12.5 Å². The van der Waals surface area contributed by atoms with Gasteiger partial charge in [0.2, 0.25) is 0 Å². The molecule has 1 aromatic carbocycles. The summed E-state index contributed by atoms with van der Waals surface area (Å²) in [7, 11) is 1.11. The molecular formula is C8H10BO. The van der Waals surface area contributed by atoms with E-state index < -0.39 is 0 Å². The molecule has 0 fully saturated rings. The Bertz CT molecular complexity index is 170. The van der Waals surface area contributed by atoms with Crippen LogP contribution in [0.15, 0.2) is 24.3 Å². The van der Waals surface area contributed by atoms with Crippen LogP contribution in [0.1, 0.15) is 12.5 Å². The highest BCUT2D eigenvalue weighted by atomic mass is 16.2. The summed E-state index contributed by atoms with van der Waals surface area (Å²) in [6.07, 6.45) is 1.05. The zero-order valence-corrected chi connectivity index (χ0v) is 6.04. The van der Waals surface area contributed by atoms with Crippen LogP contribution in [0, 0.1) is 0 Å². The molecule has 0 saturated carbocycles. The summed E-state index contributed by atoms with van der Waals surface area (Å²) in [4.78, 5) is 0. The third kappa shape index (κ3) is 1.61. The minimum absolute atomic E-state index is 0.859. The van der Waals surface area contributed by atoms with Crippen molar-refractivity contribution in [1.29, 1.82) is 0 Å². The number of hydrogen-bond donors (Lipinski definition) is 1. The number of benzene rings is 1. The third-order valence-corrected chi connectivity index (χ3v) is 1.54. The molecule has 0 heterocycles. The molecule has 1 N–H and O–H groups in total. The van der Waals surface area contributed by atoms with Crippen molar-refractivity contribution in [2.45, 2.75) is 13.3 Å². The van der Waals surface area contributed by atoms with Gasteiger partial charge in [-0.25, -0.2) is 0 Å². The van der Waals surface area contributed by atoms with Crippen LogP contribution in [0.3, 0.4) is 0 Å². The van der Waals surface area contributed by atoms with Gasteiger partial charge in [0.1, 0.15) is 0 Å². The fraction of sp³-hybridized carbons (Fsp3) is 0.250. The van der Waals surface area contributed by atoms with Crippen LogP contribution >= 0.6 is 0 Å². The van der Waals surface area contributed by atoms with E-state index in [1.807, 2.05) is 24.3 Å². The van der Waals surface area contributed by atoms with Gasteiger partial charge in [0.15, 0.2) is 0 Å². The van der Waals surface area contributed by atoms with Crippen molar-refractivity contribution in [2.24, 2.45) is 0 Å². The Morgan fingerprint density at radius 1 is 1.30 bits per heavy atom. The summed E-state index contributed by atoms with van der Waals surface area (Å²) < 4.78 is 0. The van der Waals surface area contributed by atoms with E-state index >= 15 is 0 Å². The van der Waals surface area contributed by atoms with Crippen LogP contribution in [0.25, 0.3) is 0 Å². The highest BCUT2D eigenvalue weighted by Crippen LogP contribution is 1.95. The van der Waals surface area contributed by atoms with Crippen molar-refractivity contribution in [3.63, 3.8) is 0 Å². The van der Waals surface area contributed by atoms with E-state index in [0.717, 1.165) is 19.4 Å². The number of hydrogen-bond acceptors (Lipinski definition) is 1. The fourth-order valence-electron chi connectivity index (χ4n) is 0.839. The van der Waals surface area contributed by atoms with Gasteiger partial charge in [-0.1, -0.05) is 36.7 Å². The van der Waals surface area contributed by atoms with Crippen LogP contribution in [0.2, 0.25) is 0 Å². The Labute approximate surface area is 62.0 Å². The van der Waals surface area contributed by atoms with E-state index in [1.165, 1.54) is 5.56 Å². The average Bonchev–Trinajstić information content (AvgIpc) is 2.05. The molecule has 0 bridgehead atoms. The summed E-state index contributed by atoms with van der Waals surface area (Å²) in [6.45, 7) is 2.11. The lowest BCUT2D eigenvalue weighted by Gasteiger charge is -1.96. The van der Waals surface area contributed by atoms with Gasteiger partial charge in [-0.2, -0.15) is 0 Å². The maximum atomic E-state index is 8.58. The summed E-state index contributed by atoms with van der Waals surface area (Å²) >= 11 is 0. The molecule has 0 aliphatic carbocycles. The molecule has 51 valence electrons. The second-order valence-electron chi connectivity index (χ2n) is 2.22. The molecule has 0 spiro atoms. The van der Waals surface area contributed by atoms with Crippen molar-refractivity contribution in [2.75, 3.05) is 0 Å². The molecule has 1 radical (unpaired) electrons. The molecule has 0 unspecified atom stereocenters. The normalized spacial score (nSPS) is 9.40. The summed E-state index contributed by atoms with van der Waals surface area (Å²) in [5.74, 6) is 0. The Morgan fingerprint density at radius 3 is 2.30 bits per heavy atom. The first kappa shape index (κ1) is 7.35. The van der Waals surface area contributed by atoms with Gasteiger partial charge in [0, 0.05) is 0 Å². The van der Waals surface area contributed by atoms with E-state index in [9.17, 15) is 0 Å². The molecule has 10 heavy (non-hydrogen) atoms. The van der Waals surface area contributed by atoms with Gasteiger partial charge < -0.3 is 5.02 Å². The average molecular weight is 133 g/mol. The standard InChI is InChI=1S/C8H10BO/c1-2-7-3-5-8(9-10)6-4-7/h3-6,10H,2H2,1H3. The minimum Gasteiger partial charge on any atom is -0.450 e. The molecule has 0 amide bonds. The quantitative estimate of drug-likeness (QED) is 0.582. The molecule has 0 atom stereocenters. The van der Waals surface area contributed by atoms with E-state index in [0.29, 0.717) is 0 Å². The van der Waals surface area contributed by atoms with Gasteiger partial charge in [-0.05, 0) is 12.0 Å². The molecule has 1 aromatic rings.